The zero-order valence-electron chi connectivity index (χ0n) is 12.1. The van der Waals surface area contributed by atoms with Crippen molar-refractivity contribution in [3.63, 3.8) is 0 Å². The average molecular weight is 280 g/mol. The van der Waals surface area contributed by atoms with E-state index in [-0.39, 0.29) is 5.43 Å². The first-order chi connectivity index (χ1) is 10.2. The van der Waals surface area contributed by atoms with Gasteiger partial charge in [0, 0.05) is 29.4 Å². The Labute approximate surface area is 123 Å². The second-order valence-electron chi connectivity index (χ2n) is 5.01. The fourth-order valence-corrected chi connectivity index (χ4v) is 2.47. The third kappa shape index (κ3) is 2.48. The molecule has 0 spiro atoms. The van der Waals surface area contributed by atoms with E-state index < -0.39 is 0 Å². The molecular weight excluding hydrogens is 264 g/mol. The highest BCUT2D eigenvalue weighted by Gasteiger charge is 2.16. The molecule has 0 atom stereocenters. The van der Waals surface area contributed by atoms with Gasteiger partial charge in [0.15, 0.2) is 5.43 Å². The molecule has 2 aliphatic rings. The average Bonchev–Trinajstić information content (AvgIpc) is 2.53. The molecule has 0 bridgehead atoms. The number of ether oxygens (including phenoxy) is 1. The Morgan fingerprint density at radius 2 is 1.81 bits per heavy atom. The highest BCUT2D eigenvalue weighted by molar-refractivity contribution is 5.68. The second-order valence-corrected chi connectivity index (χ2v) is 5.01. The van der Waals surface area contributed by atoms with Crippen molar-refractivity contribution in [3.05, 3.63) is 69.9 Å². The summed E-state index contributed by atoms with van der Waals surface area (Å²) in [4.78, 5) is 12.3. The molecule has 3 nitrogen and oxygen atoms in total. The zero-order valence-corrected chi connectivity index (χ0v) is 12.1. The normalized spacial score (nSPS) is 11.0. The van der Waals surface area contributed by atoms with Gasteiger partial charge in [-0.2, -0.15) is 0 Å². The minimum Gasteiger partial charge on any atom is -0.456 e. The molecule has 0 aromatic heterocycles. The van der Waals surface area contributed by atoms with Crippen LogP contribution in [0.4, 0.5) is 0 Å². The van der Waals surface area contributed by atoms with E-state index >= 15 is 0 Å². The van der Waals surface area contributed by atoms with E-state index in [0.717, 1.165) is 16.9 Å². The maximum atomic E-state index is 12.3. The summed E-state index contributed by atoms with van der Waals surface area (Å²) in [5.41, 5.74) is 3.17. The third-order valence-corrected chi connectivity index (χ3v) is 3.55. The lowest BCUT2D eigenvalue weighted by Gasteiger charge is -2.12. The van der Waals surface area contributed by atoms with Crippen LogP contribution in [0.3, 0.4) is 0 Å². The van der Waals surface area contributed by atoms with Crippen molar-refractivity contribution in [3.8, 4) is 22.6 Å². The molecule has 1 aliphatic heterocycles. The molecule has 3 heteroatoms. The van der Waals surface area contributed by atoms with E-state index in [2.05, 4.69) is 0 Å². The first kappa shape index (κ1) is 13.6. The van der Waals surface area contributed by atoms with Crippen molar-refractivity contribution in [2.45, 2.75) is 13.5 Å². The first-order valence-electron chi connectivity index (χ1n) is 6.81. The third-order valence-electron chi connectivity index (χ3n) is 3.55. The Bertz CT molecular complexity index is 787. The highest BCUT2D eigenvalue weighted by atomic mass is 16.5. The summed E-state index contributed by atoms with van der Waals surface area (Å²) in [7, 11) is 1.59. The number of methoxy groups -OCH3 is 1. The molecule has 1 aliphatic carbocycles. The number of rotatable bonds is 3. The molecule has 1 aromatic rings. The smallest absolute Gasteiger partial charge is 0.190 e. The molecule has 21 heavy (non-hydrogen) atoms. The molecule has 0 amide bonds. The van der Waals surface area contributed by atoms with Gasteiger partial charge in [0.25, 0.3) is 0 Å². The van der Waals surface area contributed by atoms with Gasteiger partial charge in [0.05, 0.1) is 6.61 Å². The Morgan fingerprint density at radius 3 is 2.52 bits per heavy atom. The predicted octanol–water partition coefficient (Wildman–Crippen LogP) is 3.87. The summed E-state index contributed by atoms with van der Waals surface area (Å²) in [6, 6.07) is 15.6. The van der Waals surface area contributed by atoms with Crippen molar-refractivity contribution in [2.24, 2.45) is 0 Å². The van der Waals surface area contributed by atoms with Gasteiger partial charge in [-0.3, -0.25) is 4.79 Å². The fraction of sp³-hybridized carbons (Fsp3) is 0.167. The van der Waals surface area contributed by atoms with Gasteiger partial charge in [-0.25, -0.2) is 0 Å². The van der Waals surface area contributed by atoms with Crippen LogP contribution >= 0.6 is 0 Å². The van der Waals surface area contributed by atoms with Crippen LogP contribution in [0.25, 0.3) is 22.6 Å². The Balaban J connectivity index is 2.19. The van der Waals surface area contributed by atoms with Crippen molar-refractivity contribution >= 4 is 0 Å². The van der Waals surface area contributed by atoms with Gasteiger partial charge < -0.3 is 9.15 Å². The predicted molar refractivity (Wildman–Crippen MR) is 82.5 cm³/mol. The maximum absolute atomic E-state index is 12.3. The highest BCUT2D eigenvalue weighted by Crippen LogP contribution is 2.30. The van der Waals surface area contributed by atoms with Crippen molar-refractivity contribution in [1.82, 2.24) is 0 Å². The van der Waals surface area contributed by atoms with E-state index in [1.54, 1.807) is 14.0 Å². The van der Waals surface area contributed by atoms with Crippen molar-refractivity contribution in [1.29, 1.82) is 0 Å². The number of benzene rings is 2. The van der Waals surface area contributed by atoms with Crippen LogP contribution in [0.1, 0.15) is 11.1 Å². The van der Waals surface area contributed by atoms with E-state index in [4.69, 9.17) is 9.15 Å². The summed E-state index contributed by atoms with van der Waals surface area (Å²) in [6.45, 7) is 2.11. The lowest BCUT2D eigenvalue weighted by molar-refractivity contribution is 0.184. The molecule has 106 valence electrons. The molecule has 0 fully saturated rings. The van der Waals surface area contributed by atoms with Crippen LogP contribution in [0.2, 0.25) is 0 Å². The number of hydrogen-bond donors (Lipinski definition) is 0. The molecule has 1 aromatic carbocycles. The molecule has 1 heterocycles. The minimum absolute atomic E-state index is 0.0155. The zero-order chi connectivity index (χ0) is 14.8. The molecule has 0 N–H and O–H groups in total. The fourth-order valence-electron chi connectivity index (χ4n) is 2.47. The van der Waals surface area contributed by atoms with E-state index in [0.29, 0.717) is 23.5 Å². The maximum Gasteiger partial charge on any atom is 0.190 e. The summed E-state index contributed by atoms with van der Waals surface area (Å²) < 4.78 is 11.0. The number of hydrogen-bond acceptors (Lipinski definition) is 3. The summed E-state index contributed by atoms with van der Waals surface area (Å²) >= 11 is 0. The lowest BCUT2D eigenvalue weighted by Crippen LogP contribution is -2.14. The molecule has 3 rings (SSSR count). The SMILES string of the molecule is COCc1cc2ccc(-c3ccccc3)oc-2c(C)c1=O. The van der Waals surface area contributed by atoms with Crippen LogP contribution in [-0.2, 0) is 11.3 Å². The summed E-state index contributed by atoms with van der Waals surface area (Å²) in [6.07, 6.45) is 0. The Kier molecular flexibility index (Phi) is 3.59. The van der Waals surface area contributed by atoms with E-state index in [1.807, 2.05) is 48.5 Å². The van der Waals surface area contributed by atoms with Gasteiger partial charge >= 0.3 is 0 Å². The van der Waals surface area contributed by atoms with Crippen LogP contribution in [0.15, 0.2) is 57.7 Å². The quantitative estimate of drug-likeness (QED) is 0.731. The van der Waals surface area contributed by atoms with Crippen LogP contribution in [-0.4, -0.2) is 7.11 Å². The van der Waals surface area contributed by atoms with Gasteiger partial charge in [-0.15, -0.1) is 0 Å². The van der Waals surface area contributed by atoms with Gasteiger partial charge in [0.1, 0.15) is 11.5 Å². The van der Waals surface area contributed by atoms with Gasteiger partial charge in [-0.1, -0.05) is 30.3 Å². The first-order valence-corrected chi connectivity index (χ1v) is 6.81. The molecular formula is C18H16O3. The molecule has 0 radical (unpaired) electrons. The summed E-state index contributed by atoms with van der Waals surface area (Å²) in [5.74, 6) is 1.39. The monoisotopic (exact) mass is 280 g/mol. The molecule has 0 unspecified atom stereocenters. The topological polar surface area (TPSA) is 39.4 Å². The minimum atomic E-state index is -0.0155. The Hall–Kier alpha value is -2.39. The Morgan fingerprint density at radius 1 is 1.05 bits per heavy atom. The van der Waals surface area contributed by atoms with Crippen LogP contribution < -0.4 is 5.43 Å². The van der Waals surface area contributed by atoms with Gasteiger partial charge in [0.2, 0.25) is 0 Å². The van der Waals surface area contributed by atoms with Crippen LogP contribution in [0.5, 0.6) is 0 Å². The van der Waals surface area contributed by atoms with Gasteiger partial charge in [-0.05, 0) is 25.1 Å². The summed E-state index contributed by atoms with van der Waals surface area (Å²) in [5, 5.41) is 0. The second kappa shape index (κ2) is 5.54. The standard InChI is InChI=1S/C18H16O3/c1-12-17(19)15(11-20-2)10-14-8-9-16(21-18(12)14)13-6-4-3-5-7-13/h3-10H,11H2,1-2H3. The van der Waals surface area contributed by atoms with Crippen LogP contribution in [0, 0.1) is 6.92 Å². The van der Waals surface area contributed by atoms with E-state index in [9.17, 15) is 4.79 Å². The lowest BCUT2D eigenvalue weighted by atomic mass is 10.0. The largest absolute Gasteiger partial charge is 0.456 e. The molecule has 0 saturated heterocycles. The molecule has 0 saturated carbocycles. The van der Waals surface area contributed by atoms with Crippen molar-refractivity contribution < 1.29 is 9.15 Å². The van der Waals surface area contributed by atoms with E-state index in [1.165, 1.54) is 0 Å². The number of fused-ring (bicyclic) bond motifs is 1. The van der Waals surface area contributed by atoms with Crippen molar-refractivity contribution in [2.75, 3.05) is 7.11 Å².